The number of amides is 1. The molecule has 7 heteroatoms. The summed E-state index contributed by atoms with van der Waals surface area (Å²) in [6.07, 6.45) is 1.32. The molecule has 108 valence electrons. The van der Waals surface area contributed by atoms with Gasteiger partial charge in [0.25, 0.3) is 11.5 Å². The van der Waals surface area contributed by atoms with E-state index in [0.29, 0.717) is 23.6 Å². The van der Waals surface area contributed by atoms with Crippen LogP contribution in [-0.2, 0) is 6.54 Å². The van der Waals surface area contributed by atoms with E-state index in [0.717, 1.165) is 5.56 Å². The fourth-order valence-corrected chi connectivity index (χ4v) is 2.09. The maximum atomic E-state index is 12.0. The number of hydrogen-bond acceptors (Lipinski definition) is 4. The van der Waals surface area contributed by atoms with Crippen molar-refractivity contribution in [3.63, 3.8) is 0 Å². The Kier molecular flexibility index (Phi) is 3.53. The van der Waals surface area contributed by atoms with Gasteiger partial charge in [0.1, 0.15) is 5.02 Å². The molecular formula is C14H11ClN2O4. The second-order valence-corrected chi connectivity index (χ2v) is 4.84. The first-order chi connectivity index (χ1) is 10.1. The van der Waals surface area contributed by atoms with Crippen LogP contribution in [0.3, 0.4) is 0 Å². The number of rotatable bonds is 3. The Morgan fingerprint density at radius 1 is 1.29 bits per heavy atom. The summed E-state index contributed by atoms with van der Waals surface area (Å²) in [6, 6.07) is 6.77. The van der Waals surface area contributed by atoms with Gasteiger partial charge in [0, 0.05) is 12.7 Å². The fraction of sp³-hybridized carbons (Fsp3) is 0.143. The molecule has 0 saturated heterocycles. The van der Waals surface area contributed by atoms with Crippen molar-refractivity contribution < 1.29 is 14.3 Å². The molecule has 0 atom stereocenters. The maximum absolute atomic E-state index is 12.0. The number of carbonyl (C=O) groups excluding carboxylic acids is 1. The number of nitrogens with one attached hydrogen (secondary N) is 2. The molecule has 0 radical (unpaired) electrons. The van der Waals surface area contributed by atoms with E-state index in [4.69, 9.17) is 21.1 Å². The zero-order valence-corrected chi connectivity index (χ0v) is 11.6. The second kappa shape index (κ2) is 5.49. The summed E-state index contributed by atoms with van der Waals surface area (Å²) in [5.41, 5.74) is 0.743. The molecule has 1 aliphatic rings. The molecule has 1 aliphatic heterocycles. The van der Waals surface area contributed by atoms with Gasteiger partial charge >= 0.3 is 0 Å². The SMILES string of the molecule is O=C(NCc1ccc2c(c1)OCO2)c1c[nH]c(=O)c(Cl)c1. The minimum absolute atomic E-state index is 0.0225. The number of fused-ring (bicyclic) bond motifs is 1. The van der Waals surface area contributed by atoms with Gasteiger partial charge in [0.05, 0.1) is 5.56 Å². The van der Waals surface area contributed by atoms with Crippen molar-refractivity contribution in [2.75, 3.05) is 6.79 Å². The van der Waals surface area contributed by atoms with E-state index in [9.17, 15) is 9.59 Å². The van der Waals surface area contributed by atoms with Crippen molar-refractivity contribution in [1.29, 1.82) is 0 Å². The molecule has 0 spiro atoms. The smallest absolute Gasteiger partial charge is 0.266 e. The number of hydrogen-bond donors (Lipinski definition) is 2. The predicted molar refractivity (Wildman–Crippen MR) is 75.8 cm³/mol. The van der Waals surface area contributed by atoms with Crippen LogP contribution in [0.5, 0.6) is 11.5 Å². The average molecular weight is 307 g/mol. The highest BCUT2D eigenvalue weighted by molar-refractivity contribution is 6.30. The lowest BCUT2D eigenvalue weighted by Gasteiger charge is -2.06. The number of aromatic amines is 1. The third-order valence-corrected chi connectivity index (χ3v) is 3.29. The molecule has 0 bridgehead atoms. The summed E-state index contributed by atoms with van der Waals surface area (Å²) in [5.74, 6) is 1.03. The van der Waals surface area contributed by atoms with E-state index >= 15 is 0 Å². The van der Waals surface area contributed by atoms with Crippen LogP contribution in [0.25, 0.3) is 0 Å². The highest BCUT2D eigenvalue weighted by Crippen LogP contribution is 2.32. The minimum atomic E-state index is -0.427. The first-order valence-electron chi connectivity index (χ1n) is 6.18. The van der Waals surface area contributed by atoms with Gasteiger partial charge in [-0.3, -0.25) is 9.59 Å². The van der Waals surface area contributed by atoms with Crippen LogP contribution in [-0.4, -0.2) is 17.7 Å². The molecule has 6 nitrogen and oxygen atoms in total. The van der Waals surface area contributed by atoms with Crippen molar-refractivity contribution in [3.05, 3.63) is 57.0 Å². The molecule has 1 amide bonds. The Morgan fingerprint density at radius 3 is 2.90 bits per heavy atom. The van der Waals surface area contributed by atoms with Gasteiger partial charge in [0.15, 0.2) is 11.5 Å². The molecule has 2 aromatic rings. The molecule has 0 fully saturated rings. The molecule has 2 heterocycles. The van der Waals surface area contributed by atoms with Gasteiger partial charge in [0.2, 0.25) is 6.79 Å². The monoisotopic (exact) mass is 306 g/mol. The average Bonchev–Trinajstić information content (AvgIpc) is 2.95. The van der Waals surface area contributed by atoms with E-state index in [1.54, 1.807) is 6.07 Å². The Bertz CT molecular complexity index is 757. The lowest BCUT2D eigenvalue weighted by atomic mass is 10.2. The van der Waals surface area contributed by atoms with Crippen LogP contribution in [0.4, 0.5) is 0 Å². The topological polar surface area (TPSA) is 80.4 Å². The lowest BCUT2D eigenvalue weighted by molar-refractivity contribution is 0.0950. The Morgan fingerprint density at radius 2 is 2.10 bits per heavy atom. The maximum Gasteiger partial charge on any atom is 0.266 e. The normalized spacial score (nSPS) is 12.2. The van der Waals surface area contributed by atoms with Gasteiger partial charge in [-0.15, -0.1) is 0 Å². The second-order valence-electron chi connectivity index (χ2n) is 4.44. The zero-order chi connectivity index (χ0) is 14.8. The Labute approximate surface area is 124 Å². The summed E-state index contributed by atoms with van der Waals surface area (Å²) in [4.78, 5) is 25.5. The van der Waals surface area contributed by atoms with Crippen molar-refractivity contribution in [1.82, 2.24) is 10.3 Å². The third kappa shape index (κ3) is 2.85. The molecule has 1 aromatic carbocycles. The highest BCUT2D eigenvalue weighted by Gasteiger charge is 2.14. The summed E-state index contributed by atoms with van der Waals surface area (Å²) in [7, 11) is 0. The first-order valence-corrected chi connectivity index (χ1v) is 6.56. The molecule has 3 rings (SSSR count). The largest absolute Gasteiger partial charge is 0.454 e. The Balaban J connectivity index is 1.68. The van der Waals surface area contributed by atoms with Crippen molar-refractivity contribution >= 4 is 17.5 Å². The van der Waals surface area contributed by atoms with Crippen molar-refractivity contribution in [2.45, 2.75) is 6.54 Å². The fourth-order valence-electron chi connectivity index (χ4n) is 1.92. The van der Waals surface area contributed by atoms with Crippen LogP contribution in [0.2, 0.25) is 5.02 Å². The molecule has 21 heavy (non-hydrogen) atoms. The number of pyridine rings is 1. The van der Waals surface area contributed by atoms with Gasteiger partial charge in [-0.1, -0.05) is 17.7 Å². The number of aromatic nitrogens is 1. The van der Waals surface area contributed by atoms with Crippen LogP contribution >= 0.6 is 11.6 Å². The predicted octanol–water partition coefficient (Wildman–Crippen LogP) is 1.69. The third-order valence-electron chi connectivity index (χ3n) is 3.01. The summed E-state index contributed by atoms with van der Waals surface area (Å²) in [6.45, 7) is 0.535. The molecule has 1 aromatic heterocycles. The van der Waals surface area contributed by atoms with Gasteiger partial charge in [-0.25, -0.2) is 0 Å². The molecular weight excluding hydrogens is 296 g/mol. The van der Waals surface area contributed by atoms with Crippen LogP contribution < -0.4 is 20.3 Å². The zero-order valence-electron chi connectivity index (χ0n) is 10.8. The van der Waals surface area contributed by atoms with Crippen LogP contribution in [0.1, 0.15) is 15.9 Å². The van der Waals surface area contributed by atoms with Crippen LogP contribution in [0.15, 0.2) is 35.3 Å². The number of benzene rings is 1. The number of carbonyl (C=O) groups is 1. The summed E-state index contributed by atoms with van der Waals surface area (Å²) < 4.78 is 10.5. The molecule has 0 saturated carbocycles. The van der Waals surface area contributed by atoms with Crippen LogP contribution in [0, 0.1) is 0 Å². The number of halogens is 1. The highest BCUT2D eigenvalue weighted by atomic mass is 35.5. The van der Waals surface area contributed by atoms with E-state index < -0.39 is 5.56 Å². The standard InChI is InChI=1S/C14H11ClN2O4/c15-10-4-9(6-17-14(10)19)13(18)16-5-8-1-2-11-12(3-8)21-7-20-11/h1-4,6H,5,7H2,(H,16,18)(H,17,19). The molecule has 2 N–H and O–H groups in total. The minimum Gasteiger partial charge on any atom is -0.454 e. The van der Waals surface area contributed by atoms with E-state index in [2.05, 4.69) is 10.3 Å². The first kappa shape index (κ1) is 13.5. The quantitative estimate of drug-likeness (QED) is 0.904. The van der Waals surface area contributed by atoms with E-state index in [1.165, 1.54) is 12.3 Å². The van der Waals surface area contributed by atoms with Gasteiger partial charge < -0.3 is 19.8 Å². The van der Waals surface area contributed by atoms with Crippen molar-refractivity contribution in [2.24, 2.45) is 0 Å². The molecule has 0 aliphatic carbocycles. The van der Waals surface area contributed by atoms with Gasteiger partial charge in [-0.05, 0) is 23.8 Å². The lowest BCUT2D eigenvalue weighted by Crippen LogP contribution is -2.24. The molecule has 0 unspecified atom stereocenters. The van der Waals surface area contributed by atoms with E-state index in [1.807, 2.05) is 12.1 Å². The Hall–Kier alpha value is -2.47. The summed E-state index contributed by atoms with van der Waals surface area (Å²) in [5, 5.41) is 2.71. The van der Waals surface area contributed by atoms with Crippen molar-refractivity contribution in [3.8, 4) is 11.5 Å². The number of H-pyrrole nitrogens is 1. The van der Waals surface area contributed by atoms with E-state index in [-0.39, 0.29) is 17.7 Å². The van der Waals surface area contributed by atoms with Gasteiger partial charge in [-0.2, -0.15) is 0 Å². The number of ether oxygens (including phenoxy) is 2. The summed E-state index contributed by atoms with van der Waals surface area (Å²) >= 11 is 5.68.